The van der Waals surface area contributed by atoms with Crippen LogP contribution in [-0.2, 0) is 11.3 Å². The number of likely N-dealkylation sites (tertiary alicyclic amines) is 1. The molecular formula is C24H35N3O4. The Hall–Kier alpha value is -2.54. The number of carbonyl (C=O) groups excluding carboxylic acids is 1. The number of methoxy groups -OCH3 is 1. The Balaban J connectivity index is 1.77. The number of nitrogens with zero attached hydrogens (tertiary/aromatic N) is 2. The Kier molecular flexibility index (Phi) is 6.65. The van der Waals surface area contributed by atoms with E-state index in [9.17, 15) is 9.59 Å². The van der Waals surface area contributed by atoms with Crippen molar-refractivity contribution in [3.05, 3.63) is 47.2 Å². The van der Waals surface area contributed by atoms with Gasteiger partial charge in [-0.25, -0.2) is 4.79 Å². The van der Waals surface area contributed by atoms with Gasteiger partial charge in [-0.2, -0.15) is 7.05 Å². The number of ether oxygens (including phenoxy) is 2. The number of aryl methyl sites for hydroxylation is 2. The second-order valence-corrected chi connectivity index (χ2v) is 9.48. The summed E-state index contributed by atoms with van der Waals surface area (Å²) >= 11 is 0. The molecule has 7 heteroatoms. The number of fused-ring (bicyclic) bond motifs is 1. The van der Waals surface area contributed by atoms with Gasteiger partial charge in [0.25, 0.3) is 5.56 Å². The highest BCUT2D eigenvalue weighted by atomic mass is 16.6. The predicted molar refractivity (Wildman–Crippen MR) is 121 cm³/mol. The predicted octanol–water partition coefficient (Wildman–Crippen LogP) is 2.83. The maximum absolute atomic E-state index is 12.8. The standard InChI is InChI=1S/C24H35N3O4/c1-17-15-21(28)27(20-16-18(30-6)7-8-19(17)20)14-11-24(25-5)9-12-26(13-10-24)22(29)31-23(2,3)4/h7-8,15-16H,5,9-14,25H2,1-4,6H3. The van der Waals surface area contributed by atoms with E-state index < -0.39 is 5.60 Å². The fourth-order valence-corrected chi connectivity index (χ4v) is 4.24. The molecule has 7 nitrogen and oxygen atoms in total. The van der Waals surface area contributed by atoms with Crippen molar-refractivity contribution in [2.24, 2.45) is 0 Å². The number of carbonyl (C=O) groups is 1. The van der Waals surface area contributed by atoms with Crippen LogP contribution < -0.4 is 15.6 Å². The molecule has 0 saturated carbocycles. The number of nitrogens with two attached hydrogens (primary N) is 1. The molecule has 0 unspecified atom stereocenters. The monoisotopic (exact) mass is 429 g/mol. The molecule has 31 heavy (non-hydrogen) atoms. The first-order valence-electron chi connectivity index (χ1n) is 10.9. The number of hydrogen-bond donors (Lipinski definition) is 1. The van der Waals surface area contributed by atoms with Crippen molar-refractivity contribution in [1.29, 1.82) is 0 Å². The highest BCUT2D eigenvalue weighted by molar-refractivity contribution is 5.83. The normalized spacial score (nSPS) is 16.4. The zero-order valence-electron chi connectivity index (χ0n) is 19.4. The van der Waals surface area contributed by atoms with Crippen molar-refractivity contribution in [2.75, 3.05) is 20.2 Å². The van der Waals surface area contributed by atoms with Crippen molar-refractivity contribution in [1.82, 2.24) is 9.47 Å². The van der Waals surface area contributed by atoms with E-state index in [1.54, 1.807) is 18.1 Å². The van der Waals surface area contributed by atoms with Crippen LogP contribution in [0.3, 0.4) is 0 Å². The van der Waals surface area contributed by atoms with Crippen LogP contribution in [0.25, 0.3) is 10.9 Å². The largest absolute Gasteiger partial charge is 0.497 e. The lowest BCUT2D eigenvalue weighted by Gasteiger charge is -2.41. The van der Waals surface area contributed by atoms with Crippen molar-refractivity contribution in [2.45, 2.75) is 64.6 Å². The molecule has 2 aromatic rings. The van der Waals surface area contributed by atoms with Gasteiger partial charge in [0.05, 0.1) is 18.2 Å². The Labute approximate surface area is 184 Å². The van der Waals surface area contributed by atoms with E-state index in [2.05, 4.69) is 7.05 Å². The molecule has 1 aromatic heterocycles. The Morgan fingerprint density at radius 1 is 1.23 bits per heavy atom. The maximum Gasteiger partial charge on any atom is 0.410 e. The molecule has 0 atom stereocenters. The number of pyridine rings is 1. The van der Waals surface area contributed by atoms with Crippen LogP contribution in [0, 0.1) is 14.0 Å². The van der Waals surface area contributed by atoms with Gasteiger partial charge in [0.1, 0.15) is 11.4 Å². The highest BCUT2D eigenvalue weighted by Gasteiger charge is 2.37. The van der Waals surface area contributed by atoms with Gasteiger partial charge in [-0.15, -0.1) is 0 Å². The van der Waals surface area contributed by atoms with Gasteiger partial charge < -0.3 is 24.3 Å². The SMILES string of the molecule is [CH2-][NH2+]C1(CCn2c(=O)cc(C)c3ccc(OC)cc32)CCN(C(=O)OC(C)(C)C)CC1. The van der Waals surface area contributed by atoms with Crippen molar-refractivity contribution in [3.8, 4) is 5.75 Å². The minimum atomic E-state index is -0.501. The van der Waals surface area contributed by atoms with Gasteiger partial charge in [0, 0.05) is 56.4 Å². The van der Waals surface area contributed by atoms with Gasteiger partial charge in [0.15, 0.2) is 0 Å². The number of rotatable bonds is 5. The third-order valence-corrected chi connectivity index (χ3v) is 6.20. The van der Waals surface area contributed by atoms with Gasteiger partial charge in [-0.05, 0) is 45.4 Å². The van der Waals surface area contributed by atoms with Crippen LogP contribution in [0.1, 0.15) is 45.6 Å². The van der Waals surface area contributed by atoms with Gasteiger partial charge in [0.2, 0.25) is 0 Å². The smallest absolute Gasteiger partial charge is 0.410 e. The van der Waals surface area contributed by atoms with Crippen LogP contribution in [0.4, 0.5) is 4.79 Å². The first-order valence-corrected chi connectivity index (χ1v) is 10.9. The van der Waals surface area contributed by atoms with Crippen molar-refractivity contribution >= 4 is 17.0 Å². The summed E-state index contributed by atoms with van der Waals surface area (Å²) in [6.45, 7) is 9.42. The number of piperidine rings is 1. The second kappa shape index (κ2) is 8.91. The molecule has 1 aliphatic rings. The fraction of sp³-hybridized carbons (Fsp3) is 0.542. The molecule has 1 fully saturated rings. The molecule has 1 amide bonds. The third kappa shape index (κ3) is 5.21. The molecule has 1 saturated heterocycles. The third-order valence-electron chi connectivity index (χ3n) is 6.20. The molecule has 1 aliphatic heterocycles. The van der Waals surface area contributed by atoms with E-state index in [0.29, 0.717) is 19.6 Å². The maximum atomic E-state index is 12.8. The number of hydrogen-bond acceptors (Lipinski definition) is 4. The highest BCUT2D eigenvalue weighted by Crippen LogP contribution is 2.26. The fourth-order valence-electron chi connectivity index (χ4n) is 4.24. The minimum Gasteiger partial charge on any atom is -0.497 e. The molecule has 0 bridgehead atoms. The first kappa shape index (κ1) is 23.1. The summed E-state index contributed by atoms with van der Waals surface area (Å²) in [5, 5.41) is 3.05. The zero-order chi connectivity index (χ0) is 22.8. The molecule has 170 valence electrons. The van der Waals surface area contributed by atoms with Crippen LogP contribution in [-0.4, -0.2) is 46.9 Å². The van der Waals surface area contributed by atoms with Crippen LogP contribution in [0.5, 0.6) is 5.75 Å². The molecule has 2 N–H and O–H groups in total. The molecule has 2 heterocycles. The number of quaternary nitrogens is 1. The summed E-state index contributed by atoms with van der Waals surface area (Å²) in [5.41, 5.74) is 1.22. The van der Waals surface area contributed by atoms with Gasteiger partial charge in [-0.1, -0.05) is 0 Å². The van der Waals surface area contributed by atoms with Crippen molar-refractivity contribution in [3.63, 3.8) is 0 Å². The summed E-state index contributed by atoms with van der Waals surface area (Å²) in [6, 6.07) is 7.54. The number of benzene rings is 1. The Morgan fingerprint density at radius 3 is 2.48 bits per heavy atom. The zero-order valence-corrected chi connectivity index (χ0v) is 19.4. The molecule has 0 spiro atoms. The average molecular weight is 430 g/mol. The van der Waals surface area contributed by atoms with E-state index in [4.69, 9.17) is 9.47 Å². The minimum absolute atomic E-state index is 0.0105. The van der Waals surface area contributed by atoms with Crippen molar-refractivity contribution < 1.29 is 19.6 Å². The molecular weight excluding hydrogens is 394 g/mol. The lowest BCUT2D eigenvalue weighted by molar-refractivity contribution is -0.681. The second-order valence-electron chi connectivity index (χ2n) is 9.48. The number of amides is 1. The number of aromatic nitrogens is 1. The first-order chi connectivity index (χ1) is 14.6. The lowest BCUT2D eigenvalue weighted by atomic mass is 9.84. The summed E-state index contributed by atoms with van der Waals surface area (Å²) in [5.74, 6) is 0.732. The van der Waals surface area contributed by atoms with Crippen LogP contribution >= 0.6 is 0 Å². The van der Waals surface area contributed by atoms with Gasteiger partial charge in [-0.3, -0.25) is 4.79 Å². The Bertz CT molecular complexity index is 998. The van der Waals surface area contributed by atoms with E-state index in [-0.39, 0.29) is 17.2 Å². The van der Waals surface area contributed by atoms with Crippen LogP contribution in [0.15, 0.2) is 29.1 Å². The van der Waals surface area contributed by atoms with E-state index >= 15 is 0 Å². The summed E-state index contributed by atoms with van der Waals surface area (Å²) in [7, 11) is 5.71. The van der Waals surface area contributed by atoms with Crippen LogP contribution in [0.2, 0.25) is 0 Å². The van der Waals surface area contributed by atoms with E-state index in [1.165, 1.54) is 0 Å². The lowest BCUT2D eigenvalue weighted by Crippen LogP contribution is -2.93. The molecule has 0 radical (unpaired) electrons. The average Bonchev–Trinajstić information content (AvgIpc) is 2.72. The van der Waals surface area contributed by atoms with Gasteiger partial charge >= 0.3 is 6.09 Å². The molecule has 3 rings (SSSR count). The van der Waals surface area contributed by atoms with E-state index in [0.717, 1.165) is 41.5 Å². The summed E-state index contributed by atoms with van der Waals surface area (Å²) in [4.78, 5) is 27.0. The topological polar surface area (TPSA) is 77.4 Å². The summed E-state index contributed by atoms with van der Waals surface area (Å²) < 4.78 is 12.7. The van der Waals surface area contributed by atoms with E-state index in [1.807, 2.05) is 55.8 Å². The molecule has 1 aromatic carbocycles. The molecule has 0 aliphatic carbocycles. The Morgan fingerprint density at radius 2 is 1.90 bits per heavy atom. The quantitative estimate of drug-likeness (QED) is 0.742. The summed E-state index contributed by atoms with van der Waals surface area (Å²) in [6.07, 6.45) is 2.13.